The zero-order chi connectivity index (χ0) is 20.1. The number of carbonyl (C=O) groups excluding carboxylic acids is 1. The fraction of sp³-hybridized carbons (Fsp3) is 0.500. The summed E-state index contributed by atoms with van der Waals surface area (Å²) in [6.45, 7) is 7.34. The van der Waals surface area contributed by atoms with E-state index < -0.39 is 0 Å². The Balaban J connectivity index is 1.87. The van der Waals surface area contributed by atoms with Gasteiger partial charge >= 0.3 is 0 Å². The Hall–Kier alpha value is -2.74. The molecule has 150 valence electrons. The number of hydrogen-bond acceptors (Lipinski definition) is 6. The summed E-state index contributed by atoms with van der Waals surface area (Å²) >= 11 is 0. The molecule has 1 aliphatic rings. The van der Waals surface area contributed by atoms with E-state index in [9.17, 15) is 9.59 Å². The SMILES string of the molecule is CCCN(CC)C(=O)C1CN(c2nc(-c3ccncc3)cc(=O)n2C)CCN1. The quantitative estimate of drug-likeness (QED) is 0.796. The van der Waals surface area contributed by atoms with Gasteiger partial charge in [0.25, 0.3) is 5.56 Å². The standard InChI is InChI=1S/C20H28N6O2/c1-4-11-25(5-2)19(28)17-14-26(12-10-22-17)20-23-16(13-18(27)24(20)3)15-6-8-21-9-7-15/h6-9,13,17,22H,4-5,10-12,14H2,1-3H3. The van der Waals surface area contributed by atoms with E-state index in [1.807, 2.05) is 28.9 Å². The summed E-state index contributed by atoms with van der Waals surface area (Å²) in [5, 5.41) is 3.32. The van der Waals surface area contributed by atoms with E-state index in [4.69, 9.17) is 4.98 Å². The first-order chi connectivity index (χ1) is 13.5. The van der Waals surface area contributed by atoms with Crippen LogP contribution in [0.3, 0.4) is 0 Å². The number of hydrogen-bond donors (Lipinski definition) is 1. The lowest BCUT2D eigenvalue weighted by Gasteiger charge is -2.36. The summed E-state index contributed by atoms with van der Waals surface area (Å²) in [5.41, 5.74) is 1.33. The van der Waals surface area contributed by atoms with Gasteiger partial charge in [-0.3, -0.25) is 19.1 Å². The number of carbonyl (C=O) groups is 1. The van der Waals surface area contributed by atoms with Crippen LogP contribution in [0, 0.1) is 0 Å². The lowest BCUT2D eigenvalue weighted by molar-refractivity contribution is -0.133. The molecule has 1 N–H and O–H groups in total. The number of nitrogens with zero attached hydrogens (tertiary/aromatic N) is 5. The van der Waals surface area contributed by atoms with Gasteiger partial charge in [-0.2, -0.15) is 0 Å². The molecule has 1 saturated heterocycles. The maximum atomic E-state index is 12.9. The topological polar surface area (TPSA) is 83.4 Å². The van der Waals surface area contributed by atoms with Crippen molar-refractivity contribution in [2.24, 2.45) is 7.05 Å². The second-order valence-electron chi connectivity index (χ2n) is 6.95. The Morgan fingerprint density at radius 3 is 2.75 bits per heavy atom. The van der Waals surface area contributed by atoms with Crippen molar-refractivity contribution in [3.63, 3.8) is 0 Å². The van der Waals surface area contributed by atoms with Crippen LogP contribution in [0.25, 0.3) is 11.3 Å². The Bertz CT molecular complexity index is 867. The fourth-order valence-electron chi connectivity index (χ4n) is 3.49. The highest BCUT2D eigenvalue weighted by atomic mass is 16.2. The Labute approximate surface area is 165 Å². The molecule has 1 amide bonds. The van der Waals surface area contributed by atoms with Crippen LogP contribution in [0.2, 0.25) is 0 Å². The molecular formula is C20H28N6O2. The molecule has 1 atom stereocenters. The predicted molar refractivity (Wildman–Crippen MR) is 109 cm³/mol. The number of nitrogens with one attached hydrogen (secondary N) is 1. The smallest absolute Gasteiger partial charge is 0.255 e. The van der Waals surface area contributed by atoms with Crippen LogP contribution in [0.5, 0.6) is 0 Å². The first kappa shape index (κ1) is 20.0. The number of pyridine rings is 1. The molecule has 2 aromatic heterocycles. The molecule has 0 saturated carbocycles. The number of piperazine rings is 1. The van der Waals surface area contributed by atoms with Crippen LogP contribution >= 0.6 is 0 Å². The minimum atomic E-state index is -0.304. The monoisotopic (exact) mass is 384 g/mol. The Morgan fingerprint density at radius 2 is 2.07 bits per heavy atom. The second-order valence-corrected chi connectivity index (χ2v) is 6.95. The third-order valence-corrected chi connectivity index (χ3v) is 5.03. The molecule has 0 bridgehead atoms. The zero-order valence-corrected chi connectivity index (χ0v) is 16.8. The molecule has 8 nitrogen and oxygen atoms in total. The zero-order valence-electron chi connectivity index (χ0n) is 16.8. The molecule has 0 spiro atoms. The van der Waals surface area contributed by atoms with Crippen LogP contribution in [0.4, 0.5) is 5.95 Å². The van der Waals surface area contributed by atoms with Crippen molar-refractivity contribution in [3.05, 3.63) is 40.9 Å². The van der Waals surface area contributed by atoms with Gasteiger partial charge in [0.15, 0.2) is 0 Å². The van der Waals surface area contributed by atoms with Crippen LogP contribution < -0.4 is 15.8 Å². The van der Waals surface area contributed by atoms with Gasteiger partial charge in [0, 0.05) is 63.8 Å². The average molecular weight is 384 g/mol. The lowest BCUT2D eigenvalue weighted by atomic mass is 10.1. The summed E-state index contributed by atoms with van der Waals surface area (Å²) < 4.78 is 1.54. The van der Waals surface area contributed by atoms with Gasteiger partial charge in [0.05, 0.1) is 5.69 Å². The van der Waals surface area contributed by atoms with Gasteiger partial charge in [-0.05, 0) is 25.5 Å². The molecule has 0 radical (unpaired) electrons. The fourth-order valence-corrected chi connectivity index (χ4v) is 3.49. The average Bonchev–Trinajstić information content (AvgIpc) is 2.74. The van der Waals surface area contributed by atoms with Gasteiger partial charge in [-0.1, -0.05) is 6.92 Å². The van der Waals surface area contributed by atoms with Gasteiger partial charge in [-0.25, -0.2) is 4.98 Å². The third-order valence-electron chi connectivity index (χ3n) is 5.03. The molecule has 1 aliphatic heterocycles. The van der Waals surface area contributed by atoms with Crippen LogP contribution in [-0.2, 0) is 11.8 Å². The molecule has 0 aliphatic carbocycles. The molecule has 3 rings (SSSR count). The van der Waals surface area contributed by atoms with Crippen LogP contribution in [0.15, 0.2) is 35.4 Å². The minimum absolute atomic E-state index is 0.101. The lowest BCUT2D eigenvalue weighted by Crippen LogP contribution is -2.58. The first-order valence-electron chi connectivity index (χ1n) is 9.80. The molecule has 8 heteroatoms. The minimum Gasteiger partial charge on any atom is -0.342 e. The molecule has 28 heavy (non-hydrogen) atoms. The Kier molecular flexibility index (Phi) is 6.41. The van der Waals surface area contributed by atoms with Crippen molar-refractivity contribution in [2.75, 3.05) is 37.6 Å². The van der Waals surface area contributed by atoms with Crippen molar-refractivity contribution in [1.82, 2.24) is 24.8 Å². The number of rotatable bonds is 6. The van der Waals surface area contributed by atoms with Gasteiger partial charge in [-0.15, -0.1) is 0 Å². The predicted octanol–water partition coefficient (Wildman–Crippen LogP) is 0.879. The Morgan fingerprint density at radius 1 is 1.32 bits per heavy atom. The second kappa shape index (κ2) is 8.97. The van der Waals surface area contributed by atoms with Crippen molar-refractivity contribution < 1.29 is 4.79 Å². The number of likely N-dealkylation sites (N-methyl/N-ethyl adjacent to an activating group) is 1. The first-order valence-corrected chi connectivity index (χ1v) is 9.80. The van der Waals surface area contributed by atoms with Crippen molar-refractivity contribution >= 4 is 11.9 Å². The molecule has 1 unspecified atom stereocenters. The van der Waals surface area contributed by atoms with Gasteiger partial charge in [0.2, 0.25) is 11.9 Å². The highest BCUT2D eigenvalue weighted by Crippen LogP contribution is 2.19. The van der Waals surface area contributed by atoms with E-state index in [-0.39, 0.29) is 17.5 Å². The molecule has 1 fully saturated rings. The normalized spacial score (nSPS) is 16.8. The summed E-state index contributed by atoms with van der Waals surface area (Å²) in [7, 11) is 1.72. The largest absolute Gasteiger partial charge is 0.342 e. The van der Waals surface area contributed by atoms with Crippen molar-refractivity contribution in [1.29, 1.82) is 0 Å². The summed E-state index contributed by atoms with van der Waals surface area (Å²) in [5.74, 6) is 0.682. The van der Waals surface area contributed by atoms with Crippen LogP contribution in [-0.4, -0.2) is 64.1 Å². The highest BCUT2D eigenvalue weighted by Gasteiger charge is 2.30. The molecule has 3 heterocycles. The maximum absolute atomic E-state index is 12.9. The molecule has 2 aromatic rings. The third kappa shape index (κ3) is 4.22. The van der Waals surface area contributed by atoms with E-state index in [1.54, 1.807) is 24.0 Å². The van der Waals surface area contributed by atoms with Crippen molar-refractivity contribution in [3.8, 4) is 11.3 Å². The number of anilines is 1. The van der Waals surface area contributed by atoms with E-state index in [1.165, 1.54) is 6.07 Å². The summed E-state index contributed by atoms with van der Waals surface area (Å²) in [4.78, 5) is 38.0. The maximum Gasteiger partial charge on any atom is 0.255 e. The summed E-state index contributed by atoms with van der Waals surface area (Å²) in [6.07, 6.45) is 4.29. The van der Waals surface area contributed by atoms with Gasteiger partial charge in [0.1, 0.15) is 6.04 Å². The highest BCUT2D eigenvalue weighted by molar-refractivity contribution is 5.82. The number of aromatic nitrogens is 3. The van der Waals surface area contributed by atoms with Gasteiger partial charge < -0.3 is 15.1 Å². The molecule has 0 aromatic carbocycles. The van der Waals surface area contributed by atoms with Crippen molar-refractivity contribution in [2.45, 2.75) is 26.3 Å². The molecular weight excluding hydrogens is 356 g/mol. The van der Waals surface area contributed by atoms with E-state index >= 15 is 0 Å². The van der Waals surface area contributed by atoms with E-state index in [0.717, 1.165) is 18.5 Å². The van der Waals surface area contributed by atoms with Crippen LogP contribution in [0.1, 0.15) is 20.3 Å². The number of amides is 1. The summed E-state index contributed by atoms with van der Waals surface area (Å²) in [6, 6.07) is 4.89. The van der Waals surface area contributed by atoms with E-state index in [2.05, 4.69) is 17.2 Å². The van der Waals surface area contributed by atoms with E-state index in [0.29, 0.717) is 37.8 Å².